The summed E-state index contributed by atoms with van der Waals surface area (Å²) in [6, 6.07) is 4.32. The molecule has 17 heavy (non-hydrogen) atoms. The standard InChI is InChI=1S/C13H20N2OS/c1-9(17-2)12-4-3-11(13(7-14)15-12)10-5-6-16-8-10/h3-4,9-10H,5-8,14H2,1-2H3/t9?,10-/m0/s1. The summed E-state index contributed by atoms with van der Waals surface area (Å²) in [6.45, 7) is 4.36. The van der Waals surface area contributed by atoms with Crippen LogP contribution in [-0.4, -0.2) is 24.5 Å². The summed E-state index contributed by atoms with van der Waals surface area (Å²) in [4.78, 5) is 4.71. The number of hydrogen-bond acceptors (Lipinski definition) is 4. The Labute approximate surface area is 107 Å². The smallest absolute Gasteiger partial charge is 0.0578 e. The molecule has 0 saturated carbocycles. The fourth-order valence-corrected chi connectivity index (χ4v) is 2.56. The van der Waals surface area contributed by atoms with Crippen molar-refractivity contribution in [3.8, 4) is 0 Å². The third-order valence-corrected chi connectivity index (χ3v) is 4.31. The molecule has 1 aromatic rings. The minimum atomic E-state index is 0.425. The first-order chi connectivity index (χ1) is 8.26. The highest BCUT2D eigenvalue weighted by Crippen LogP contribution is 2.30. The Kier molecular flexibility index (Phi) is 4.42. The molecule has 0 radical (unpaired) electrons. The van der Waals surface area contributed by atoms with E-state index in [0.29, 0.717) is 17.7 Å². The zero-order valence-corrected chi connectivity index (χ0v) is 11.3. The fourth-order valence-electron chi connectivity index (χ4n) is 2.19. The SMILES string of the molecule is CSC(C)c1ccc([C@H]2CCOC2)c(CN)n1. The molecule has 0 aliphatic carbocycles. The Morgan fingerprint density at radius 2 is 2.41 bits per heavy atom. The van der Waals surface area contributed by atoms with Gasteiger partial charge in [-0.05, 0) is 31.2 Å². The van der Waals surface area contributed by atoms with Gasteiger partial charge in [-0.3, -0.25) is 4.98 Å². The van der Waals surface area contributed by atoms with Crippen LogP contribution in [0.4, 0.5) is 0 Å². The normalized spacial score (nSPS) is 21.7. The number of hydrogen-bond donors (Lipinski definition) is 1. The Balaban J connectivity index is 2.27. The van der Waals surface area contributed by atoms with E-state index in [1.165, 1.54) is 5.56 Å². The van der Waals surface area contributed by atoms with Crippen molar-refractivity contribution in [2.75, 3.05) is 19.5 Å². The van der Waals surface area contributed by atoms with Crippen LogP contribution in [-0.2, 0) is 11.3 Å². The molecule has 1 fully saturated rings. The van der Waals surface area contributed by atoms with Crippen LogP contribution >= 0.6 is 11.8 Å². The molecule has 2 rings (SSSR count). The van der Waals surface area contributed by atoms with E-state index in [2.05, 4.69) is 25.3 Å². The molecule has 94 valence electrons. The van der Waals surface area contributed by atoms with Gasteiger partial charge in [0.25, 0.3) is 0 Å². The number of rotatable bonds is 4. The maximum atomic E-state index is 5.82. The molecule has 2 heterocycles. The number of nitrogens with zero attached hydrogens (tertiary/aromatic N) is 1. The van der Waals surface area contributed by atoms with Crippen molar-refractivity contribution in [2.45, 2.75) is 31.1 Å². The zero-order chi connectivity index (χ0) is 12.3. The molecule has 4 heteroatoms. The van der Waals surface area contributed by atoms with Crippen molar-refractivity contribution in [2.24, 2.45) is 5.73 Å². The quantitative estimate of drug-likeness (QED) is 0.894. The lowest BCUT2D eigenvalue weighted by Crippen LogP contribution is -2.11. The van der Waals surface area contributed by atoms with E-state index in [1.54, 1.807) is 0 Å². The first-order valence-corrected chi connectivity index (χ1v) is 7.35. The molecule has 1 aliphatic rings. The van der Waals surface area contributed by atoms with Crippen LogP contribution in [0.1, 0.15) is 41.5 Å². The van der Waals surface area contributed by atoms with Crippen LogP contribution in [0.15, 0.2) is 12.1 Å². The molecule has 2 N–H and O–H groups in total. The molecular weight excluding hydrogens is 232 g/mol. The predicted molar refractivity (Wildman–Crippen MR) is 72.2 cm³/mol. The Bertz CT molecular complexity index is 378. The molecule has 3 nitrogen and oxygen atoms in total. The van der Waals surface area contributed by atoms with Crippen molar-refractivity contribution >= 4 is 11.8 Å². The van der Waals surface area contributed by atoms with Gasteiger partial charge < -0.3 is 10.5 Å². The van der Waals surface area contributed by atoms with Gasteiger partial charge in [0, 0.05) is 24.3 Å². The summed E-state index contributed by atoms with van der Waals surface area (Å²) >= 11 is 1.81. The van der Waals surface area contributed by atoms with Crippen molar-refractivity contribution in [3.05, 3.63) is 29.1 Å². The molecule has 1 saturated heterocycles. The molecule has 0 spiro atoms. The monoisotopic (exact) mass is 252 g/mol. The Hall–Kier alpha value is -0.580. The second kappa shape index (κ2) is 5.85. The summed E-state index contributed by atoms with van der Waals surface area (Å²) in [7, 11) is 0. The molecule has 1 unspecified atom stereocenters. The van der Waals surface area contributed by atoms with Gasteiger partial charge in [-0.2, -0.15) is 11.8 Å². The van der Waals surface area contributed by atoms with Gasteiger partial charge in [0.15, 0.2) is 0 Å². The van der Waals surface area contributed by atoms with E-state index < -0.39 is 0 Å². The molecule has 1 aliphatic heterocycles. The highest BCUT2D eigenvalue weighted by molar-refractivity contribution is 7.98. The second-order valence-corrected chi connectivity index (χ2v) is 5.59. The molecule has 2 atom stereocenters. The van der Waals surface area contributed by atoms with Gasteiger partial charge in [-0.15, -0.1) is 0 Å². The minimum absolute atomic E-state index is 0.425. The van der Waals surface area contributed by atoms with E-state index in [9.17, 15) is 0 Å². The van der Waals surface area contributed by atoms with Crippen molar-refractivity contribution in [1.82, 2.24) is 4.98 Å². The van der Waals surface area contributed by atoms with E-state index in [-0.39, 0.29) is 0 Å². The Morgan fingerprint density at radius 3 is 3.00 bits per heavy atom. The van der Waals surface area contributed by atoms with Crippen LogP contribution in [0.3, 0.4) is 0 Å². The van der Waals surface area contributed by atoms with Gasteiger partial charge in [-0.25, -0.2) is 0 Å². The maximum Gasteiger partial charge on any atom is 0.0578 e. The lowest BCUT2D eigenvalue weighted by atomic mass is 9.96. The lowest BCUT2D eigenvalue weighted by Gasteiger charge is -2.15. The number of pyridine rings is 1. The first-order valence-electron chi connectivity index (χ1n) is 6.06. The third-order valence-electron chi connectivity index (χ3n) is 3.36. The molecule has 0 amide bonds. The van der Waals surface area contributed by atoms with Crippen LogP contribution in [0.25, 0.3) is 0 Å². The maximum absolute atomic E-state index is 5.82. The van der Waals surface area contributed by atoms with Gasteiger partial charge in [0.05, 0.1) is 18.0 Å². The van der Waals surface area contributed by atoms with Crippen LogP contribution in [0.5, 0.6) is 0 Å². The molecular formula is C13H20N2OS. The first kappa shape index (κ1) is 12.9. The van der Waals surface area contributed by atoms with Crippen LogP contribution < -0.4 is 5.73 Å². The number of nitrogens with two attached hydrogens (primary N) is 1. The molecule has 0 bridgehead atoms. The second-order valence-electron chi connectivity index (χ2n) is 4.41. The largest absolute Gasteiger partial charge is 0.381 e. The highest BCUT2D eigenvalue weighted by atomic mass is 32.2. The summed E-state index contributed by atoms with van der Waals surface area (Å²) < 4.78 is 5.44. The van der Waals surface area contributed by atoms with E-state index in [4.69, 9.17) is 15.5 Å². The number of aromatic nitrogens is 1. The van der Waals surface area contributed by atoms with Gasteiger partial charge in [0.1, 0.15) is 0 Å². The summed E-state index contributed by atoms with van der Waals surface area (Å²) in [5.41, 5.74) is 9.26. The van der Waals surface area contributed by atoms with Gasteiger partial charge in [-0.1, -0.05) is 6.07 Å². The van der Waals surface area contributed by atoms with Crippen LogP contribution in [0, 0.1) is 0 Å². The van der Waals surface area contributed by atoms with Gasteiger partial charge in [0.2, 0.25) is 0 Å². The average molecular weight is 252 g/mol. The highest BCUT2D eigenvalue weighted by Gasteiger charge is 2.21. The van der Waals surface area contributed by atoms with Crippen LogP contribution in [0.2, 0.25) is 0 Å². The number of thioether (sulfide) groups is 1. The van der Waals surface area contributed by atoms with Crippen molar-refractivity contribution < 1.29 is 4.74 Å². The molecule has 0 aromatic carbocycles. The van der Waals surface area contributed by atoms with E-state index >= 15 is 0 Å². The summed E-state index contributed by atoms with van der Waals surface area (Å²) in [5.74, 6) is 0.486. The number of ether oxygens (including phenoxy) is 1. The van der Waals surface area contributed by atoms with Gasteiger partial charge >= 0.3 is 0 Å². The summed E-state index contributed by atoms with van der Waals surface area (Å²) in [5, 5.41) is 0.425. The fraction of sp³-hybridized carbons (Fsp3) is 0.615. The average Bonchev–Trinajstić information content (AvgIpc) is 2.90. The third kappa shape index (κ3) is 2.81. The van der Waals surface area contributed by atoms with E-state index in [0.717, 1.165) is 31.0 Å². The Morgan fingerprint density at radius 1 is 1.59 bits per heavy atom. The minimum Gasteiger partial charge on any atom is -0.381 e. The predicted octanol–water partition coefficient (Wildman–Crippen LogP) is 2.47. The lowest BCUT2D eigenvalue weighted by molar-refractivity contribution is 0.193. The summed E-state index contributed by atoms with van der Waals surface area (Å²) in [6.07, 6.45) is 3.19. The zero-order valence-electron chi connectivity index (χ0n) is 10.5. The van der Waals surface area contributed by atoms with E-state index in [1.807, 2.05) is 11.8 Å². The van der Waals surface area contributed by atoms with Crippen molar-refractivity contribution in [3.63, 3.8) is 0 Å². The topological polar surface area (TPSA) is 48.1 Å². The van der Waals surface area contributed by atoms with Crippen molar-refractivity contribution in [1.29, 1.82) is 0 Å². The molecule has 1 aromatic heterocycles.